The van der Waals surface area contributed by atoms with Crippen LogP contribution in [0.2, 0.25) is 5.15 Å². The molecule has 0 bridgehead atoms. The number of aromatic nitrogens is 3. The van der Waals surface area contributed by atoms with E-state index in [1.54, 1.807) is 6.07 Å². The van der Waals surface area contributed by atoms with Gasteiger partial charge in [-0.2, -0.15) is 0 Å². The number of para-hydroxylation sites is 1. The number of nitrogens with zero attached hydrogens (tertiary/aromatic N) is 3. The SMILES string of the molecule is CCCCc1nc(Cl)c(CO)n1Cc1ccc2c(c1)c(Br)c(Br)n2-c1ccccc1C(=O)OC. The molecule has 0 fully saturated rings. The summed E-state index contributed by atoms with van der Waals surface area (Å²) in [7, 11) is 1.38. The molecule has 2 heterocycles. The van der Waals surface area contributed by atoms with Crippen LogP contribution in [0.1, 0.15) is 47.2 Å². The predicted molar refractivity (Wildman–Crippen MR) is 141 cm³/mol. The minimum absolute atomic E-state index is 0.171. The molecule has 34 heavy (non-hydrogen) atoms. The van der Waals surface area contributed by atoms with Gasteiger partial charge in [-0.05, 0) is 68.1 Å². The maximum absolute atomic E-state index is 12.4. The number of fused-ring (bicyclic) bond motifs is 1. The molecule has 0 unspecified atom stereocenters. The smallest absolute Gasteiger partial charge is 0.339 e. The molecule has 2 aromatic carbocycles. The average molecular weight is 610 g/mol. The fourth-order valence-corrected chi connectivity index (χ4v) is 5.45. The monoisotopic (exact) mass is 607 g/mol. The van der Waals surface area contributed by atoms with Crippen molar-refractivity contribution in [1.82, 2.24) is 14.1 Å². The summed E-state index contributed by atoms with van der Waals surface area (Å²) in [5.41, 5.74) is 3.78. The van der Waals surface area contributed by atoms with Crippen LogP contribution in [0.4, 0.5) is 0 Å². The second kappa shape index (κ2) is 10.6. The molecule has 0 saturated heterocycles. The van der Waals surface area contributed by atoms with Gasteiger partial charge >= 0.3 is 5.97 Å². The predicted octanol–water partition coefficient (Wildman–Crippen LogP) is 6.68. The molecular weight excluding hydrogens is 586 g/mol. The van der Waals surface area contributed by atoms with Crippen LogP contribution in [0.25, 0.3) is 16.6 Å². The van der Waals surface area contributed by atoms with Gasteiger partial charge in [-0.3, -0.25) is 0 Å². The topological polar surface area (TPSA) is 69.3 Å². The highest BCUT2D eigenvalue weighted by Crippen LogP contribution is 2.38. The Labute approximate surface area is 219 Å². The quantitative estimate of drug-likeness (QED) is 0.227. The number of hydrogen-bond donors (Lipinski definition) is 1. The summed E-state index contributed by atoms with van der Waals surface area (Å²) in [5.74, 6) is 0.478. The van der Waals surface area contributed by atoms with Crippen LogP contribution in [-0.4, -0.2) is 32.3 Å². The fourth-order valence-electron chi connectivity index (χ4n) is 4.11. The Kier molecular flexibility index (Phi) is 7.82. The van der Waals surface area contributed by atoms with Gasteiger partial charge in [0.2, 0.25) is 0 Å². The number of rotatable bonds is 8. The van der Waals surface area contributed by atoms with Crippen molar-refractivity contribution in [2.45, 2.75) is 39.3 Å². The number of halogens is 3. The van der Waals surface area contributed by atoms with Gasteiger partial charge in [-0.25, -0.2) is 9.78 Å². The van der Waals surface area contributed by atoms with Crippen molar-refractivity contribution < 1.29 is 14.6 Å². The van der Waals surface area contributed by atoms with Crippen LogP contribution in [0.15, 0.2) is 51.5 Å². The number of esters is 1. The highest BCUT2D eigenvalue weighted by Gasteiger charge is 2.21. The number of hydrogen-bond acceptors (Lipinski definition) is 4. The summed E-state index contributed by atoms with van der Waals surface area (Å²) in [5, 5.41) is 11.2. The van der Waals surface area contributed by atoms with E-state index in [0.29, 0.717) is 23.0 Å². The summed E-state index contributed by atoms with van der Waals surface area (Å²) in [6.07, 6.45) is 2.85. The van der Waals surface area contributed by atoms with Crippen LogP contribution in [0, 0.1) is 0 Å². The molecule has 0 saturated carbocycles. The normalized spacial score (nSPS) is 11.4. The van der Waals surface area contributed by atoms with Crippen LogP contribution < -0.4 is 0 Å². The number of imidazole rings is 1. The number of methoxy groups -OCH3 is 1. The lowest BCUT2D eigenvalue weighted by Gasteiger charge is -2.13. The van der Waals surface area contributed by atoms with Gasteiger partial charge in [0.1, 0.15) is 10.4 Å². The molecular formula is C25H24Br2ClN3O3. The van der Waals surface area contributed by atoms with Gasteiger partial charge in [0.25, 0.3) is 0 Å². The second-order valence-electron chi connectivity index (χ2n) is 7.91. The Balaban J connectivity index is 1.81. The van der Waals surface area contributed by atoms with Crippen molar-refractivity contribution in [3.05, 3.63) is 79.3 Å². The lowest BCUT2D eigenvalue weighted by molar-refractivity contribution is 0.0601. The van der Waals surface area contributed by atoms with Gasteiger partial charge in [0, 0.05) is 18.4 Å². The number of aryl methyl sites for hydroxylation is 1. The minimum atomic E-state index is -0.398. The molecule has 4 rings (SSSR count). The highest BCUT2D eigenvalue weighted by atomic mass is 79.9. The Bertz CT molecular complexity index is 1360. The zero-order chi connectivity index (χ0) is 24.4. The summed E-state index contributed by atoms with van der Waals surface area (Å²) in [6.45, 7) is 2.50. The zero-order valence-corrected chi connectivity index (χ0v) is 22.7. The molecule has 0 aliphatic heterocycles. The molecule has 1 N–H and O–H groups in total. The summed E-state index contributed by atoms with van der Waals surface area (Å²) < 4.78 is 10.6. The van der Waals surface area contributed by atoms with Gasteiger partial charge < -0.3 is 19.0 Å². The number of carbonyl (C=O) groups excluding carboxylic acids is 1. The van der Waals surface area contributed by atoms with Gasteiger partial charge in [-0.15, -0.1) is 0 Å². The molecule has 4 aromatic rings. The zero-order valence-electron chi connectivity index (χ0n) is 18.8. The summed E-state index contributed by atoms with van der Waals surface area (Å²) >= 11 is 13.7. The van der Waals surface area contributed by atoms with E-state index < -0.39 is 5.97 Å². The third kappa shape index (κ3) is 4.56. The van der Waals surface area contributed by atoms with Crippen molar-refractivity contribution in [1.29, 1.82) is 0 Å². The van der Waals surface area contributed by atoms with Crippen LogP contribution >= 0.6 is 43.5 Å². The number of benzene rings is 2. The van der Waals surface area contributed by atoms with Crippen molar-refractivity contribution in [2.75, 3.05) is 7.11 Å². The Morgan fingerprint density at radius 3 is 2.68 bits per heavy atom. The fraction of sp³-hybridized carbons (Fsp3) is 0.280. The van der Waals surface area contributed by atoms with Crippen molar-refractivity contribution in [3.8, 4) is 5.69 Å². The summed E-state index contributed by atoms with van der Waals surface area (Å²) in [4.78, 5) is 16.9. The standard InChI is InChI=1S/C25H24Br2ClN3O3/c1-3-4-9-21-29-24(28)20(14-32)30(21)13-15-10-11-19-17(12-15)22(26)23(27)31(19)18-8-6-5-7-16(18)25(33)34-2/h5-8,10-12,32H,3-4,9,13-14H2,1-2H3. The molecule has 6 nitrogen and oxygen atoms in total. The maximum atomic E-state index is 12.4. The van der Waals surface area contributed by atoms with Crippen LogP contribution in [0.3, 0.4) is 0 Å². The molecule has 9 heteroatoms. The molecule has 0 aliphatic rings. The van der Waals surface area contributed by atoms with Gasteiger partial charge in [0.15, 0.2) is 5.15 Å². The average Bonchev–Trinajstić information content (AvgIpc) is 3.28. The Hall–Kier alpha value is -2.13. The van der Waals surface area contributed by atoms with Crippen LogP contribution in [-0.2, 0) is 24.3 Å². The number of unbranched alkanes of at least 4 members (excludes halogenated alkanes) is 1. The van der Waals surface area contributed by atoms with Crippen molar-refractivity contribution in [2.24, 2.45) is 0 Å². The van der Waals surface area contributed by atoms with E-state index in [1.807, 2.05) is 39.5 Å². The molecule has 0 amide bonds. The molecule has 0 spiro atoms. The van der Waals surface area contributed by atoms with Gasteiger partial charge in [0.05, 0.1) is 40.7 Å². The van der Waals surface area contributed by atoms with Crippen molar-refractivity contribution >= 4 is 60.3 Å². The lowest BCUT2D eigenvalue weighted by Crippen LogP contribution is -2.09. The third-order valence-electron chi connectivity index (χ3n) is 5.81. The first-order valence-corrected chi connectivity index (χ1v) is 12.9. The molecule has 2 aromatic heterocycles. The number of aliphatic hydroxyl groups excluding tert-OH is 1. The highest BCUT2D eigenvalue weighted by molar-refractivity contribution is 9.13. The Morgan fingerprint density at radius 2 is 1.97 bits per heavy atom. The van der Waals surface area contributed by atoms with E-state index in [-0.39, 0.29) is 6.61 Å². The van der Waals surface area contributed by atoms with E-state index in [2.05, 4.69) is 49.8 Å². The second-order valence-corrected chi connectivity index (χ2v) is 9.82. The van der Waals surface area contributed by atoms with Gasteiger partial charge in [-0.1, -0.05) is 43.1 Å². The first kappa shape index (κ1) is 25.0. The largest absolute Gasteiger partial charge is 0.465 e. The maximum Gasteiger partial charge on any atom is 0.339 e. The number of ether oxygens (including phenoxy) is 1. The first-order valence-electron chi connectivity index (χ1n) is 10.9. The van der Waals surface area contributed by atoms with E-state index in [1.165, 1.54) is 7.11 Å². The summed E-state index contributed by atoms with van der Waals surface area (Å²) in [6, 6.07) is 13.5. The minimum Gasteiger partial charge on any atom is -0.465 e. The molecule has 0 atom stereocenters. The van der Waals surface area contributed by atoms with E-state index in [0.717, 1.165) is 56.3 Å². The number of carbonyl (C=O) groups is 1. The number of aliphatic hydroxyl groups is 1. The molecule has 0 radical (unpaired) electrons. The van der Waals surface area contributed by atoms with E-state index in [9.17, 15) is 9.90 Å². The Morgan fingerprint density at radius 1 is 1.21 bits per heavy atom. The third-order valence-corrected chi connectivity index (χ3v) is 8.20. The van der Waals surface area contributed by atoms with E-state index >= 15 is 0 Å². The van der Waals surface area contributed by atoms with Crippen LogP contribution in [0.5, 0.6) is 0 Å². The molecule has 178 valence electrons. The molecule has 0 aliphatic carbocycles. The van der Waals surface area contributed by atoms with Crippen molar-refractivity contribution in [3.63, 3.8) is 0 Å². The van der Waals surface area contributed by atoms with E-state index in [4.69, 9.17) is 16.3 Å². The first-order chi connectivity index (χ1) is 16.4. The lowest BCUT2D eigenvalue weighted by atomic mass is 10.1.